The molecule has 0 amide bonds. The monoisotopic (exact) mass is 256 g/mol. The lowest BCUT2D eigenvalue weighted by molar-refractivity contribution is 0.628. The molecule has 0 aliphatic carbocycles. The van der Waals surface area contributed by atoms with Gasteiger partial charge in [0.15, 0.2) is 5.82 Å². The Morgan fingerprint density at radius 1 is 1.35 bits per heavy atom. The first-order valence-electron chi connectivity index (χ1n) is 4.99. The first kappa shape index (κ1) is 13.6. The maximum absolute atomic E-state index is 13.4. The molecule has 2 aromatic heterocycles. The molecule has 0 saturated carbocycles. The lowest BCUT2D eigenvalue weighted by Gasteiger charge is -2.06. The molecule has 6 heteroatoms. The Labute approximate surface area is 105 Å². The summed E-state index contributed by atoms with van der Waals surface area (Å²) in [7, 11) is 1.68. The van der Waals surface area contributed by atoms with E-state index in [0.29, 0.717) is 11.4 Å². The predicted octanol–water partition coefficient (Wildman–Crippen LogP) is 2.06. The molecule has 2 heterocycles. The van der Waals surface area contributed by atoms with Crippen LogP contribution in [-0.2, 0) is 7.05 Å². The van der Waals surface area contributed by atoms with Gasteiger partial charge >= 0.3 is 0 Å². The van der Waals surface area contributed by atoms with Crippen LogP contribution in [0.4, 0.5) is 4.39 Å². The van der Waals surface area contributed by atoms with E-state index in [1.165, 1.54) is 10.9 Å². The van der Waals surface area contributed by atoms with E-state index in [0.717, 1.165) is 5.56 Å². The maximum Gasteiger partial charge on any atom is 0.170 e. The van der Waals surface area contributed by atoms with Crippen LogP contribution >= 0.6 is 12.4 Å². The second-order valence-electron chi connectivity index (χ2n) is 3.73. The average Bonchev–Trinajstić information content (AvgIpc) is 2.59. The van der Waals surface area contributed by atoms with Crippen LogP contribution in [-0.4, -0.2) is 14.8 Å². The quantitative estimate of drug-likeness (QED) is 0.895. The zero-order valence-electron chi connectivity index (χ0n) is 9.59. The third kappa shape index (κ3) is 2.62. The number of pyridine rings is 1. The Balaban J connectivity index is 0.00000144. The zero-order chi connectivity index (χ0) is 11.7. The van der Waals surface area contributed by atoms with Gasteiger partial charge in [0.05, 0.1) is 11.9 Å². The van der Waals surface area contributed by atoms with Crippen molar-refractivity contribution in [1.29, 1.82) is 0 Å². The van der Waals surface area contributed by atoms with E-state index < -0.39 is 0 Å². The minimum atomic E-state index is -0.372. The summed E-state index contributed by atoms with van der Waals surface area (Å²) in [5.74, 6) is -0.372. The zero-order valence-corrected chi connectivity index (χ0v) is 10.4. The first-order chi connectivity index (χ1) is 7.59. The topological polar surface area (TPSA) is 56.7 Å². The molecule has 0 unspecified atom stereocenters. The van der Waals surface area contributed by atoms with Crippen LogP contribution in [0, 0.1) is 5.82 Å². The van der Waals surface area contributed by atoms with Crippen LogP contribution in [0.5, 0.6) is 0 Å². The number of nitrogens with zero attached hydrogens (tertiary/aromatic N) is 3. The molecule has 2 N–H and O–H groups in total. The molecule has 1 atom stereocenters. The normalized spacial score (nSPS) is 12.0. The number of hydrogen-bond acceptors (Lipinski definition) is 3. The lowest BCUT2D eigenvalue weighted by atomic mass is 10.1. The highest BCUT2D eigenvalue weighted by Crippen LogP contribution is 2.20. The summed E-state index contributed by atoms with van der Waals surface area (Å²) >= 11 is 0. The number of aromatic nitrogens is 3. The minimum Gasteiger partial charge on any atom is -0.324 e. The first-order valence-corrected chi connectivity index (χ1v) is 4.99. The molecule has 0 spiro atoms. The summed E-state index contributed by atoms with van der Waals surface area (Å²) in [6.07, 6.45) is 2.84. The summed E-state index contributed by atoms with van der Waals surface area (Å²) in [4.78, 5) is 4.18. The fraction of sp³-hybridized carbons (Fsp3) is 0.273. The van der Waals surface area contributed by atoms with Crippen molar-refractivity contribution < 1.29 is 4.39 Å². The fourth-order valence-corrected chi connectivity index (χ4v) is 1.51. The van der Waals surface area contributed by atoms with Gasteiger partial charge in [0.1, 0.15) is 5.69 Å². The Kier molecular flexibility index (Phi) is 4.20. The van der Waals surface area contributed by atoms with E-state index in [4.69, 9.17) is 5.73 Å². The number of halogens is 2. The molecular formula is C11H14ClFN4. The van der Waals surface area contributed by atoms with Crippen molar-refractivity contribution in [2.24, 2.45) is 12.8 Å². The molecule has 92 valence electrons. The van der Waals surface area contributed by atoms with Gasteiger partial charge in [-0.3, -0.25) is 9.67 Å². The molecular weight excluding hydrogens is 243 g/mol. The highest BCUT2D eigenvalue weighted by atomic mass is 35.5. The van der Waals surface area contributed by atoms with Gasteiger partial charge in [0.2, 0.25) is 0 Å². The second-order valence-corrected chi connectivity index (χ2v) is 3.73. The number of rotatable bonds is 2. The molecule has 0 aliphatic heterocycles. The Bertz CT molecular complexity index is 473. The van der Waals surface area contributed by atoms with Gasteiger partial charge in [0, 0.05) is 19.3 Å². The van der Waals surface area contributed by atoms with E-state index in [1.54, 1.807) is 19.3 Å². The van der Waals surface area contributed by atoms with Crippen molar-refractivity contribution in [3.8, 4) is 11.4 Å². The van der Waals surface area contributed by atoms with Gasteiger partial charge in [-0.25, -0.2) is 4.39 Å². The molecule has 17 heavy (non-hydrogen) atoms. The molecule has 0 saturated heterocycles. The van der Waals surface area contributed by atoms with Gasteiger partial charge in [-0.15, -0.1) is 12.4 Å². The highest BCUT2D eigenvalue weighted by molar-refractivity contribution is 5.85. The summed E-state index contributed by atoms with van der Waals surface area (Å²) in [5.41, 5.74) is 7.58. The smallest absolute Gasteiger partial charge is 0.170 e. The third-order valence-corrected chi connectivity index (χ3v) is 2.45. The van der Waals surface area contributed by atoms with Gasteiger partial charge in [-0.2, -0.15) is 5.10 Å². The summed E-state index contributed by atoms with van der Waals surface area (Å²) in [5, 5.41) is 3.83. The SMILES string of the molecule is C[C@H](N)c1ccc(-c2c(F)cnn2C)nc1.Cl. The van der Waals surface area contributed by atoms with Crippen molar-refractivity contribution >= 4 is 12.4 Å². The Morgan fingerprint density at radius 3 is 2.47 bits per heavy atom. The molecule has 0 aromatic carbocycles. The largest absolute Gasteiger partial charge is 0.324 e. The highest BCUT2D eigenvalue weighted by Gasteiger charge is 2.12. The molecule has 0 radical (unpaired) electrons. The van der Waals surface area contributed by atoms with E-state index in [2.05, 4.69) is 10.1 Å². The number of hydrogen-bond donors (Lipinski definition) is 1. The minimum absolute atomic E-state index is 0. The van der Waals surface area contributed by atoms with Gasteiger partial charge in [-0.05, 0) is 18.6 Å². The average molecular weight is 257 g/mol. The van der Waals surface area contributed by atoms with E-state index in [9.17, 15) is 4.39 Å². The van der Waals surface area contributed by atoms with Crippen molar-refractivity contribution in [3.05, 3.63) is 35.9 Å². The van der Waals surface area contributed by atoms with Crippen molar-refractivity contribution in [3.63, 3.8) is 0 Å². The third-order valence-electron chi connectivity index (χ3n) is 2.45. The van der Waals surface area contributed by atoms with Crippen LogP contribution in [0.15, 0.2) is 24.5 Å². The summed E-state index contributed by atoms with van der Waals surface area (Å²) in [6.45, 7) is 1.88. The van der Waals surface area contributed by atoms with E-state index in [1.807, 2.05) is 13.0 Å². The lowest BCUT2D eigenvalue weighted by Crippen LogP contribution is -2.05. The van der Waals surface area contributed by atoms with Crippen LogP contribution in [0.2, 0.25) is 0 Å². The number of nitrogens with two attached hydrogens (primary N) is 1. The standard InChI is InChI=1S/C11H13FN4.ClH/c1-7(13)8-3-4-10(14-5-8)11-9(12)6-15-16(11)2;/h3-7H,13H2,1-2H3;1H/t7-;/m0./s1. The van der Waals surface area contributed by atoms with E-state index >= 15 is 0 Å². The number of aryl methyl sites for hydroxylation is 1. The van der Waals surface area contributed by atoms with Crippen LogP contribution < -0.4 is 5.73 Å². The molecule has 2 rings (SSSR count). The molecule has 0 aliphatic rings. The maximum atomic E-state index is 13.4. The van der Waals surface area contributed by atoms with Gasteiger partial charge < -0.3 is 5.73 Å². The van der Waals surface area contributed by atoms with Crippen LogP contribution in [0.1, 0.15) is 18.5 Å². The molecule has 0 fully saturated rings. The fourth-order valence-electron chi connectivity index (χ4n) is 1.51. The molecule has 0 bridgehead atoms. The molecule has 4 nitrogen and oxygen atoms in total. The summed E-state index contributed by atoms with van der Waals surface area (Å²) < 4.78 is 14.9. The van der Waals surface area contributed by atoms with Crippen molar-refractivity contribution in [1.82, 2.24) is 14.8 Å². The Hall–Kier alpha value is -1.46. The molecule has 2 aromatic rings. The van der Waals surface area contributed by atoms with Crippen LogP contribution in [0.3, 0.4) is 0 Å². The predicted molar refractivity (Wildman–Crippen MR) is 66.2 cm³/mol. The van der Waals surface area contributed by atoms with Crippen LogP contribution in [0.25, 0.3) is 11.4 Å². The van der Waals surface area contributed by atoms with Crippen molar-refractivity contribution in [2.45, 2.75) is 13.0 Å². The van der Waals surface area contributed by atoms with Crippen molar-refractivity contribution in [2.75, 3.05) is 0 Å². The van der Waals surface area contributed by atoms with Gasteiger partial charge in [-0.1, -0.05) is 6.07 Å². The van der Waals surface area contributed by atoms with E-state index in [-0.39, 0.29) is 24.3 Å². The Morgan fingerprint density at radius 2 is 2.06 bits per heavy atom. The van der Waals surface area contributed by atoms with Gasteiger partial charge in [0.25, 0.3) is 0 Å². The second kappa shape index (κ2) is 5.25. The summed E-state index contributed by atoms with van der Waals surface area (Å²) in [6, 6.07) is 3.52.